The lowest BCUT2D eigenvalue weighted by molar-refractivity contribution is -0.116. The second-order valence-electron chi connectivity index (χ2n) is 5.69. The van der Waals surface area contributed by atoms with Crippen molar-refractivity contribution in [1.29, 1.82) is 0 Å². The van der Waals surface area contributed by atoms with Gasteiger partial charge in [0.2, 0.25) is 5.91 Å². The monoisotopic (exact) mass is 293 g/mol. The van der Waals surface area contributed by atoms with E-state index in [4.69, 9.17) is 0 Å². The van der Waals surface area contributed by atoms with E-state index in [9.17, 15) is 9.18 Å². The quantitative estimate of drug-likeness (QED) is 0.845. The van der Waals surface area contributed by atoms with Crippen LogP contribution in [0.25, 0.3) is 0 Å². The number of carbonyl (C=O) groups is 1. The Morgan fingerprint density at radius 1 is 1.43 bits per heavy atom. The molecule has 0 bridgehead atoms. The molecular formula is C16H24FN3O. The largest absolute Gasteiger partial charge is 0.324 e. The molecule has 21 heavy (non-hydrogen) atoms. The van der Waals surface area contributed by atoms with Gasteiger partial charge in [0.05, 0.1) is 5.69 Å². The number of nitrogens with one attached hydrogen (secondary N) is 2. The number of nitrogens with zero attached hydrogens (tertiary/aromatic N) is 1. The van der Waals surface area contributed by atoms with Gasteiger partial charge in [0, 0.05) is 25.6 Å². The molecule has 1 unspecified atom stereocenters. The van der Waals surface area contributed by atoms with E-state index in [2.05, 4.69) is 15.5 Å². The standard InChI is InChI=1S/C16H24FN3O/c1-20(12-13-6-4-5-10-18-13)11-9-16(21)19-15-8-3-2-7-14(15)17/h2-3,7-8,13,18H,4-6,9-12H2,1H3,(H,19,21). The Bertz CT molecular complexity index is 461. The SMILES string of the molecule is CN(CCC(=O)Nc1ccccc1F)CC1CCCCN1. The summed E-state index contributed by atoms with van der Waals surface area (Å²) < 4.78 is 13.4. The average molecular weight is 293 g/mol. The topological polar surface area (TPSA) is 44.4 Å². The van der Waals surface area contributed by atoms with E-state index in [1.165, 1.54) is 25.3 Å². The normalized spacial score (nSPS) is 18.7. The van der Waals surface area contributed by atoms with Gasteiger partial charge in [0.25, 0.3) is 0 Å². The van der Waals surface area contributed by atoms with Crippen molar-refractivity contribution in [2.24, 2.45) is 0 Å². The van der Waals surface area contributed by atoms with Crippen molar-refractivity contribution in [3.63, 3.8) is 0 Å². The molecule has 2 rings (SSSR count). The van der Waals surface area contributed by atoms with Crippen LogP contribution in [-0.2, 0) is 4.79 Å². The highest BCUT2D eigenvalue weighted by molar-refractivity contribution is 5.90. The van der Waals surface area contributed by atoms with Gasteiger partial charge in [-0.05, 0) is 38.6 Å². The zero-order chi connectivity index (χ0) is 15.1. The molecule has 5 heteroatoms. The second kappa shape index (κ2) is 8.10. The van der Waals surface area contributed by atoms with Crippen LogP contribution in [0.2, 0.25) is 0 Å². The van der Waals surface area contributed by atoms with Crippen LogP contribution >= 0.6 is 0 Å². The highest BCUT2D eigenvalue weighted by Crippen LogP contribution is 2.12. The number of piperidine rings is 1. The van der Waals surface area contributed by atoms with E-state index in [1.807, 2.05) is 7.05 Å². The molecule has 0 aliphatic carbocycles. The Morgan fingerprint density at radius 3 is 2.95 bits per heavy atom. The summed E-state index contributed by atoms with van der Waals surface area (Å²) in [4.78, 5) is 14.0. The molecule has 1 aliphatic heterocycles. The van der Waals surface area contributed by atoms with Gasteiger partial charge in [0.1, 0.15) is 5.82 Å². The zero-order valence-electron chi connectivity index (χ0n) is 12.6. The predicted molar refractivity (Wildman–Crippen MR) is 82.8 cm³/mol. The summed E-state index contributed by atoms with van der Waals surface area (Å²) in [5.41, 5.74) is 0.249. The first-order valence-corrected chi connectivity index (χ1v) is 7.61. The minimum atomic E-state index is -0.398. The van der Waals surface area contributed by atoms with E-state index in [0.29, 0.717) is 19.0 Å². The van der Waals surface area contributed by atoms with Gasteiger partial charge < -0.3 is 15.5 Å². The number of benzene rings is 1. The highest BCUT2D eigenvalue weighted by Gasteiger charge is 2.15. The van der Waals surface area contributed by atoms with Gasteiger partial charge in [-0.1, -0.05) is 18.6 Å². The Balaban J connectivity index is 1.69. The third kappa shape index (κ3) is 5.44. The van der Waals surface area contributed by atoms with Crippen molar-refractivity contribution in [1.82, 2.24) is 10.2 Å². The molecule has 0 saturated carbocycles. The predicted octanol–water partition coefficient (Wildman–Crippen LogP) is 2.23. The van der Waals surface area contributed by atoms with Crippen LogP contribution < -0.4 is 10.6 Å². The molecule has 0 spiro atoms. The molecule has 1 heterocycles. The van der Waals surface area contributed by atoms with Crippen LogP contribution in [0.3, 0.4) is 0 Å². The Labute approximate surface area is 125 Å². The summed E-state index contributed by atoms with van der Waals surface area (Å²) in [5, 5.41) is 6.11. The number of anilines is 1. The number of hydrogen-bond donors (Lipinski definition) is 2. The summed E-state index contributed by atoms with van der Waals surface area (Å²) in [6.07, 6.45) is 4.11. The average Bonchev–Trinajstić information content (AvgIpc) is 2.49. The van der Waals surface area contributed by atoms with E-state index in [-0.39, 0.29) is 11.6 Å². The molecular weight excluding hydrogens is 269 g/mol. The lowest BCUT2D eigenvalue weighted by atomic mass is 10.0. The zero-order valence-corrected chi connectivity index (χ0v) is 12.6. The number of carbonyl (C=O) groups excluding carboxylic acids is 1. The lowest BCUT2D eigenvalue weighted by Gasteiger charge is -2.28. The third-order valence-electron chi connectivity index (χ3n) is 3.81. The second-order valence-corrected chi connectivity index (χ2v) is 5.69. The lowest BCUT2D eigenvalue weighted by Crippen LogP contribution is -2.43. The maximum Gasteiger partial charge on any atom is 0.225 e. The maximum atomic E-state index is 13.4. The third-order valence-corrected chi connectivity index (χ3v) is 3.81. The van der Waals surface area contributed by atoms with E-state index in [1.54, 1.807) is 18.2 Å². The number of para-hydroxylation sites is 1. The molecule has 1 atom stereocenters. The van der Waals surface area contributed by atoms with Crippen LogP contribution in [0.5, 0.6) is 0 Å². The fraction of sp³-hybridized carbons (Fsp3) is 0.562. The smallest absolute Gasteiger partial charge is 0.225 e. The van der Waals surface area contributed by atoms with Crippen LogP contribution in [0.1, 0.15) is 25.7 Å². The van der Waals surface area contributed by atoms with E-state index >= 15 is 0 Å². The molecule has 4 nitrogen and oxygen atoms in total. The first kappa shape index (κ1) is 15.9. The Hall–Kier alpha value is -1.46. The van der Waals surface area contributed by atoms with E-state index < -0.39 is 5.82 Å². The van der Waals surface area contributed by atoms with Crippen molar-refractivity contribution < 1.29 is 9.18 Å². The fourth-order valence-electron chi connectivity index (χ4n) is 2.62. The van der Waals surface area contributed by atoms with Crippen LogP contribution in [0.15, 0.2) is 24.3 Å². The van der Waals surface area contributed by atoms with Gasteiger partial charge in [-0.2, -0.15) is 0 Å². The van der Waals surface area contributed by atoms with Gasteiger partial charge in [0.15, 0.2) is 0 Å². The molecule has 1 fully saturated rings. The minimum absolute atomic E-state index is 0.149. The maximum absolute atomic E-state index is 13.4. The molecule has 1 aliphatic rings. The van der Waals surface area contributed by atoms with Crippen molar-refractivity contribution in [3.05, 3.63) is 30.1 Å². The van der Waals surface area contributed by atoms with Gasteiger partial charge >= 0.3 is 0 Å². The van der Waals surface area contributed by atoms with Crippen LogP contribution in [-0.4, -0.2) is 43.5 Å². The summed E-state index contributed by atoms with van der Waals surface area (Å²) in [6.45, 7) is 2.72. The van der Waals surface area contributed by atoms with Gasteiger partial charge in [-0.3, -0.25) is 4.79 Å². The minimum Gasteiger partial charge on any atom is -0.324 e. The Kier molecular flexibility index (Phi) is 6.14. The van der Waals surface area contributed by atoms with E-state index in [0.717, 1.165) is 13.1 Å². The summed E-state index contributed by atoms with van der Waals surface area (Å²) >= 11 is 0. The Morgan fingerprint density at radius 2 is 2.24 bits per heavy atom. The first-order valence-electron chi connectivity index (χ1n) is 7.61. The number of likely N-dealkylation sites (N-methyl/N-ethyl adjacent to an activating group) is 1. The molecule has 0 aromatic heterocycles. The van der Waals surface area contributed by atoms with Crippen molar-refractivity contribution in [3.8, 4) is 0 Å². The molecule has 1 aromatic rings. The van der Waals surface area contributed by atoms with Crippen LogP contribution in [0, 0.1) is 5.82 Å². The van der Waals surface area contributed by atoms with Crippen molar-refractivity contribution in [2.75, 3.05) is 32.0 Å². The van der Waals surface area contributed by atoms with Gasteiger partial charge in [-0.25, -0.2) is 4.39 Å². The molecule has 2 N–H and O–H groups in total. The molecule has 116 valence electrons. The number of halogens is 1. The van der Waals surface area contributed by atoms with Crippen molar-refractivity contribution >= 4 is 11.6 Å². The van der Waals surface area contributed by atoms with Crippen molar-refractivity contribution in [2.45, 2.75) is 31.7 Å². The number of hydrogen-bond acceptors (Lipinski definition) is 3. The van der Waals surface area contributed by atoms with Crippen LogP contribution in [0.4, 0.5) is 10.1 Å². The molecule has 1 amide bonds. The summed E-state index contributed by atoms with van der Waals surface area (Å²) in [7, 11) is 2.02. The number of rotatable bonds is 6. The molecule has 1 aromatic carbocycles. The van der Waals surface area contributed by atoms with Gasteiger partial charge in [-0.15, -0.1) is 0 Å². The highest BCUT2D eigenvalue weighted by atomic mass is 19.1. The fourth-order valence-corrected chi connectivity index (χ4v) is 2.62. The molecule has 1 saturated heterocycles. The number of amides is 1. The first-order chi connectivity index (χ1) is 10.1. The molecule has 0 radical (unpaired) electrons. The summed E-state index contributed by atoms with van der Waals surface area (Å²) in [5.74, 6) is -0.547. The summed E-state index contributed by atoms with van der Waals surface area (Å²) in [6, 6.07) is 6.76.